The molecule has 2 aromatic heterocycles. The maximum Gasteiger partial charge on any atom is 0.230 e. The number of carbonyl (C=O) groups is 1. The smallest absolute Gasteiger partial charge is 0.230 e. The Morgan fingerprint density at radius 3 is 2.80 bits per heavy atom. The number of rotatable bonds is 5. The number of fused-ring (bicyclic) bond motifs is 1. The van der Waals surface area contributed by atoms with Gasteiger partial charge in [-0.15, -0.1) is 0 Å². The summed E-state index contributed by atoms with van der Waals surface area (Å²) in [7, 11) is 0. The van der Waals surface area contributed by atoms with E-state index < -0.39 is 0 Å². The summed E-state index contributed by atoms with van der Waals surface area (Å²) in [5.41, 5.74) is 0.800. The van der Waals surface area contributed by atoms with Gasteiger partial charge in [0.05, 0.1) is 24.7 Å². The Balaban J connectivity index is 1.58. The van der Waals surface area contributed by atoms with Crippen molar-refractivity contribution in [2.75, 3.05) is 6.54 Å². The number of carbonyl (C=O) groups excluding carboxylic acids is 1. The third-order valence-electron chi connectivity index (χ3n) is 4.90. The van der Waals surface area contributed by atoms with Crippen LogP contribution in [0.5, 0.6) is 0 Å². The van der Waals surface area contributed by atoms with Crippen molar-refractivity contribution >= 4 is 5.91 Å². The molecule has 4 rings (SSSR count). The van der Waals surface area contributed by atoms with Crippen molar-refractivity contribution in [2.45, 2.75) is 65.0 Å². The summed E-state index contributed by atoms with van der Waals surface area (Å²) in [6, 6.07) is 1.82. The fourth-order valence-corrected chi connectivity index (χ4v) is 3.52. The first-order valence-electron chi connectivity index (χ1n) is 9.17. The lowest BCUT2D eigenvalue weighted by Crippen LogP contribution is -2.43. The monoisotopic (exact) mass is 343 g/mol. The minimum absolute atomic E-state index is 0.00901. The minimum Gasteiger partial charge on any atom is -0.361 e. The van der Waals surface area contributed by atoms with Gasteiger partial charge < -0.3 is 9.42 Å². The van der Waals surface area contributed by atoms with Crippen molar-refractivity contribution in [1.82, 2.24) is 24.8 Å². The van der Waals surface area contributed by atoms with Crippen molar-refractivity contribution in [3.8, 4) is 0 Å². The molecule has 1 aliphatic heterocycles. The number of hydrogen-bond acceptors (Lipinski definition) is 5. The summed E-state index contributed by atoms with van der Waals surface area (Å²) in [5, 5.41) is 8.57. The molecule has 1 fully saturated rings. The molecule has 0 spiro atoms. The van der Waals surface area contributed by atoms with Gasteiger partial charge in [0, 0.05) is 18.5 Å². The molecule has 0 bridgehead atoms. The van der Waals surface area contributed by atoms with E-state index in [2.05, 4.69) is 19.0 Å². The van der Waals surface area contributed by atoms with Crippen molar-refractivity contribution in [2.24, 2.45) is 5.92 Å². The van der Waals surface area contributed by atoms with Crippen LogP contribution in [0.4, 0.5) is 0 Å². The van der Waals surface area contributed by atoms with E-state index in [0.717, 1.165) is 23.8 Å². The van der Waals surface area contributed by atoms with Crippen molar-refractivity contribution in [3.05, 3.63) is 29.2 Å². The van der Waals surface area contributed by atoms with Crippen LogP contribution >= 0.6 is 0 Å². The molecule has 134 valence electrons. The Bertz CT molecular complexity index is 774. The normalized spacial score (nSPS) is 20.2. The number of aromatic nitrogens is 4. The maximum absolute atomic E-state index is 12.9. The SMILES string of the molecule is Cc1cc(CC(=O)N2CCn3nc(C4CC4)nc3[C@@H]2CC(C)C)on1. The van der Waals surface area contributed by atoms with Gasteiger partial charge in [-0.05, 0) is 32.1 Å². The molecular weight excluding hydrogens is 318 g/mol. The molecule has 0 saturated heterocycles. The van der Waals surface area contributed by atoms with Gasteiger partial charge in [-0.3, -0.25) is 4.79 Å². The Hall–Kier alpha value is -2.18. The molecule has 7 nitrogen and oxygen atoms in total. The average molecular weight is 343 g/mol. The molecule has 3 heterocycles. The van der Waals surface area contributed by atoms with Crippen LogP contribution < -0.4 is 0 Å². The molecule has 1 atom stereocenters. The van der Waals surface area contributed by atoms with Gasteiger partial charge in [0.25, 0.3) is 0 Å². The lowest BCUT2D eigenvalue weighted by Gasteiger charge is -2.36. The second-order valence-electron chi connectivity index (χ2n) is 7.67. The summed E-state index contributed by atoms with van der Waals surface area (Å²) < 4.78 is 7.24. The van der Waals surface area contributed by atoms with E-state index in [0.29, 0.717) is 30.7 Å². The van der Waals surface area contributed by atoms with Gasteiger partial charge in [0.15, 0.2) is 5.82 Å². The molecule has 0 N–H and O–H groups in total. The molecule has 1 amide bonds. The molecule has 1 saturated carbocycles. The van der Waals surface area contributed by atoms with Gasteiger partial charge in [-0.25, -0.2) is 9.67 Å². The van der Waals surface area contributed by atoms with Gasteiger partial charge in [0.1, 0.15) is 11.6 Å². The maximum atomic E-state index is 12.9. The summed E-state index contributed by atoms with van der Waals surface area (Å²) in [6.45, 7) is 7.61. The van der Waals surface area contributed by atoms with E-state index in [-0.39, 0.29) is 18.4 Å². The quantitative estimate of drug-likeness (QED) is 0.834. The van der Waals surface area contributed by atoms with Gasteiger partial charge in [-0.1, -0.05) is 19.0 Å². The molecule has 2 aliphatic rings. The minimum atomic E-state index is -0.00901. The zero-order valence-corrected chi connectivity index (χ0v) is 15.1. The number of amides is 1. The molecule has 0 unspecified atom stereocenters. The summed E-state index contributed by atoms with van der Waals surface area (Å²) >= 11 is 0. The van der Waals surface area contributed by atoms with E-state index in [4.69, 9.17) is 14.6 Å². The van der Waals surface area contributed by atoms with E-state index in [9.17, 15) is 4.79 Å². The Labute approximate surface area is 147 Å². The van der Waals surface area contributed by atoms with Crippen LogP contribution in [-0.4, -0.2) is 37.3 Å². The van der Waals surface area contributed by atoms with Crippen LogP contribution in [-0.2, 0) is 17.8 Å². The van der Waals surface area contributed by atoms with E-state index in [1.165, 1.54) is 12.8 Å². The van der Waals surface area contributed by atoms with Crippen LogP contribution in [0.1, 0.15) is 68.2 Å². The predicted octanol–water partition coefficient (Wildman–Crippen LogP) is 2.62. The highest BCUT2D eigenvalue weighted by atomic mass is 16.5. The molecule has 7 heteroatoms. The van der Waals surface area contributed by atoms with E-state index in [1.807, 2.05) is 22.6 Å². The zero-order chi connectivity index (χ0) is 17.6. The highest BCUT2D eigenvalue weighted by molar-refractivity contribution is 5.78. The van der Waals surface area contributed by atoms with Crippen LogP contribution in [0.25, 0.3) is 0 Å². The van der Waals surface area contributed by atoms with Gasteiger partial charge in [-0.2, -0.15) is 5.10 Å². The standard InChI is InChI=1S/C18H25N5O2/c1-11(2)8-15-18-19-17(13-4-5-13)20-23(18)7-6-22(15)16(24)10-14-9-12(3)21-25-14/h9,11,13,15H,4-8,10H2,1-3H3/t15-/m0/s1. The van der Waals surface area contributed by atoms with Crippen LogP contribution in [0.3, 0.4) is 0 Å². The number of hydrogen-bond donors (Lipinski definition) is 0. The van der Waals surface area contributed by atoms with Gasteiger partial charge in [0.2, 0.25) is 5.91 Å². The zero-order valence-electron chi connectivity index (χ0n) is 15.1. The molecular formula is C18H25N5O2. The average Bonchev–Trinajstić information content (AvgIpc) is 3.18. The summed E-state index contributed by atoms with van der Waals surface area (Å²) in [4.78, 5) is 19.7. The highest BCUT2D eigenvalue weighted by Gasteiger charge is 2.37. The molecule has 25 heavy (non-hydrogen) atoms. The predicted molar refractivity (Wildman–Crippen MR) is 90.9 cm³/mol. The van der Waals surface area contributed by atoms with E-state index in [1.54, 1.807) is 0 Å². The van der Waals surface area contributed by atoms with Crippen LogP contribution in [0, 0.1) is 12.8 Å². The Morgan fingerprint density at radius 1 is 1.36 bits per heavy atom. The molecule has 0 aromatic carbocycles. The lowest BCUT2D eigenvalue weighted by atomic mass is 9.99. The number of nitrogens with zero attached hydrogens (tertiary/aromatic N) is 5. The first-order valence-corrected chi connectivity index (χ1v) is 9.17. The van der Waals surface area contributed by atoms with Crippen LogP contribution in [0.2, 0.25) is 0 Å². The fraction of sp³-hybridized carbons (Fsp3) is 0.667. The molecule has 1 aliphatic carbocycles. The van der Waals surface area contributed by atoms with Crippen LogP contribution in [0.15, 0.2) is 10.6 Å². The number of aryl methyl sites for hydroxylation is 1. The Kier molecular flexibility index (Phi) is 4.09. The highest BCUT2D eigenvalue weighted by Crippen LogP contribution is 2.40. The van der Waals surface area contributed by atoms with Crippen molar-refractivity contribution in [1.29, 1.82) is 0 Å². The molecule has 2 aromatic rings. The third-order valence-corrected chi connectivity index (χ3v) is 4.90. The third kappa shape index (κ3) is 3.32. The fourth-order valence-electron chi connectivity index (χ4n) is 3.52. The first kappa shape index (κ1) is 16.3. The molecule has 0 radical (unpaired) electrons. The summed E-state index contributed by atoms with van der Waals surface area (Å²) in [5.74, 6) is 3.60. The summed E-state index contributed by atoms with van der Waals surface area (Å²) in [6.07, 6.45) is 3.51. The second-order valence-corrected chi connectivity index (χ2v) is 7.67. The second kappa shape index (κ2) is 6.28. The van der Waals surface area contributed by atoms with Gasteiger partial charge >= 0.3 is 0 Å². The largest absolute Gasteiger partial charge is 0.361 e. The topological polar surface area (TPSA) is 77.0 Å². The first-order chi connectivity index (χ1) is 12.0. The van der Waals surface area contributed by atoms with Crippen molar-refractivity contribution < 1.29 is 9.32 Å². The van der Waals surface area contributed by atoms with E-state index >= 15 is 0 Å². The lowest BCUT2D eigenvalue weighted by molar-refractivity contribution is -0.135. The van der Waals surface area contributed by atoms with Crippen molar-refractivity contribution in [3.63, 3.8) is 0 Å². The Morgan fingerprint density at radius 2 is 2.16 bits per heavy atom.